The summed E-state index contributed by atoms with van der Waals surface area (Å²) in [6.07, 6.45) is 1.34. The van der Waals surface area contributed by atoms with Crippen LogP contribution in [0.4, 0.5) is 5.69 Å². The van der Waals surface area contributed by atoms with Crippen LogP contribution in [-0.2, 0) is 25.0 Å². The van der Waals surface area contributed by atoms with Crippen molar-refractivity contribution in [3.05, 3.63) is 29.8 Å². The summed E-state index contributed by atoms with van der Waals surface area (Å²) in [6.45, 7) is 8.49. The van der Waals surface area contributed by atoms with E-state index in [-0.39, 0.29) is 24.3 Å². The lowest BCUT2D eigenvalue weighted by Gasteiger charge is -2.31. The summed E-state index contributed by atoms with van der Waals surface area (Å²) in [6, 6.07) is 7.48. The van der Waals surface area contributed by atoms with E-state index in [9.17, 15) is 13.2 Å². The Balaban J connectivity index is 2.22. The summed E-state index contributed by atoms with van der Waals surface area (Å²) in [5, 5.41) is 0. The largest absolute Gasteiger partial charge is 0.378 e. The third-order valence-corrected chi connectivity index (χ3v) is 5.45. The van der Waals surface area contributed by atoms with E-state index in [0.29, 0.717) is 32.0 Å². The summed E-state index contributed by atoms with van der Waals surface area (Å²) in [5.74, 6) is -0.0369. The molecule has 0 spiro atoms. The number of sulfonamides is 1. The van der Waals surface area contributed by atoms with Gasteiger partial charge in [0.05, 0.1) is 25.2 Å². The molecule has 0 saturated carbocycles. The van der Waals surface area contributed by atoms with E-state index in [4.69, 9.17) is 4.74 Å². The Morgan fingerprint density at radius 3 is 2.36 bits per heavy atom. The van der Waals surface area contributed by atoms with Crippen LogP contribution in [0.5, 0.6) is 0 Å². The molecular formula is C18H28N2O4S. The summed E-state index contributed by atoms with van der Waals surface area (Å²) in [7, 11) is -3.49. The van der Waals surface area contributed by atoms with Crippen molar-refractivity contribution in [3.8, 4) is 0 Å². The minimum absolute atomic E-state index is 0.0369. The number of ether oxygens (including phenoxy) is 1. The third-order valence-electron chi connectivity index (χ3n) is 4.27. The highest BCUT2D eigenvalue weighted by Gasteiger charge is 2.27. The fourth-order valence-electron chi connectivity index (χ4n) is 2.96. The first-order chi connectivity index (χ1) is 11.6. The Morgan fingerprint density at radius 2 is 1.80 bits per heavy atom. The van der Waals surface area contributed by atoms with Gasteiger partial charge in [-0.15, -0.1) is 0 Å². The zero-order valence-corrected chi connectivity index (χ0v) is 16.3. The second kappa shape index (κ2) is 7.74. The van der Waals surface area contributed by atoms with Crippen molar-refractivity contribution in [1.29, 1.82) is 0 Å². The number of benzene rings is 1. The van der Waals surface area contributed by atoms with Crippen LogP contribution in [0.2, 0.25) is 0 Å². The molecule has 6 nitrogen and oxygen atoms in total. The van der Waals surface area contributed by atoms with Gasteiger partial charge in [0.25, 0.3) is 0 Å². The molecule has 140 valence electrons. The molecule has 0 N–H and O–H groups in total. The van der Waals surface area contributed by atoms with Crippen molar-refractivity contribution < 1.29 is 17.9 Å². The summed E-state index contributed by atoms with van der Waals surface area (Å²) in [4.78, 5) is 14.1. The number of amides is 1. The van der Waals surface area contributed by atoms with Gasteiger partial charge in [0.2, 0.25) is 15.9 Å². The normalized spacial score (nSPS) is 15.9. The average molecular weight is 368 g/mol. The quantitative estimate of drug-likeness (QED) is 0.797. The van der Waals surface area contributed by atoms with Crippen molar-refractivity contribution in [3.63, 3.8) is 0 Å². The topological polar surface area (TPSA) is 66.9 Å². The minimum Gasteiger partial charge on any atom is -0.378 e. The number of carbonyl (C=O) groups excluding carboxylic acids is 1. The van der Waals surface area contributed by atoms with Crippen LogP contribution in [0.1, 0.15) is 32.8 Å². The number of nitrogens with zero attached hydrogens (tertiary/aromatic N) is 2. The van der Waals surface area contributed by atoms with Crippen LogP contribution in [-0.4, -0.2) is 58.3 Å². The van der Waals surface area contributed by atoms with Gasteiger partial charge in [-0.1, -0.05) is 39.0 Å². The molecular weight excluding hydrogens is 340 g/mol. The summed E-state index contributed by atoms with van der Waals surface area (Å²) in [5.41, 5.74) is 1.39. The van der Waals surface area contributed by atoms with Gasteiger partial charge in [-0.25, -0.2) is 8.42 Å². The van der Waals surface area contributed by atoms with E-state index < -0.39 is 10.0 Å². The first kappa shape index (κ1) is 19.7. The maximum Gasteiger partial charge on any atom is 0.232 e. The predicted octanol–water partition coefficient (Wildman–Crippen LogP) is 2.00. The zero-order valence-electron chi connectivity index (χ0n) is 15.5. The smallest absolute Gasteiger partial charge is 0.232 e. The Morgan fingerprint density at radius 1 is 1.20 bits per heavy atom. The van der Waals surface area contributed by atoms with Crippen LogP contribution < -0.4 is 4.31 Å². The first-order valence-corrected chi connectivity index (χ1v) is 10.4. The highest BCUT2D eigenvalue weighted by molar-refractivity contribution is 7.92. The van der Waals surface area contributed by atoms with Crippen LogP contribution in [0, 0.1) is 0 Å². The van der Waals surface area contributed by atoms with E-state index in [1.807, 2.05) is 39.0 Å². The van der Waals surface area contributed by atoms with Crippen LogP contribution >= 0.6 is 0 Å². The molecule has 1 saturated heterocycles. The Labute approximate surface area is 150 Å². The maximum absolute atomic E-state index is 12.4. The van der Waals surface area contributed by atoms with E-state index in [1.165, 1.54) is 10.6 Å². The molecule has 0 aliphatic carbocycles. The molecule has 1 aromatic carbocycles. The molecule has 0 bridgehead atoms. The molecule has 1 amide bonds. The second-order valence-electron chi connectivity index (χ2n) is 7.35. The lowest BCUT2D eigenvalue weighted by atomic mass is 9.86. The SMILES string of the molecule is CC(C)(C)c1ccccc1N(CCC(=O)N1CCOCC1)S(C)(=O)=O. The standard InChI is InChI=1S/C18H28N2O4S/c1-18(2,3)15-7-5-6-8-16(15)20(25(4,22)23)10-9-17(21)19-11-13-24-14-12-19/h5-8H,9-14H2,1-4H3. The Bertz CT molecular complexity index is 704. The van der Waals surface area contributed by atoms with Gasteiger partial charge in [0.1, 0.15) is 0 Å². The molecule has 2 rings (SSSR count). The van der Waals surface area contributed by atoms with Crippen molar-refractivity contribution in [2.45, 2.75) is 32.6 Å². The summed E-state index contributed by atoms with van der Waals surface area (Å²) < 4.78 is 31.4. The van der Waals surface area contributed by atoms with E-state index >= 15 is 0 Å². The van der Waals surface area contributed by atoms with Crippen molar-refractivity contribution in [2.75, 3.05) is 43.4 Å². The highest BCUT2D eigenvalue weighted by Crippen LogP contribution is 2.33. The van der Waals surface area contributed by atoms with E-state index in [0.717, 1.165) is 5.56 Å². The second-order valence-corrected chi connectivity index (χ2v) is 9.25. The zero-order chi connectivity index (χ0) is 18.7. The van der Waals surface area contributed by atoms with Gasteiger partial charge in [0, 0.05) is 26.1 Å². The van der Waals surface area contributed by atoms with E-state index in [2.05, 4.69) is 0 Å². The van der Waals surface area contributed by atoms with Gasteiger partial charge in [-0.05, 0) is 17.0 Å². The van der Waals surface area contributed by atoms with Gasteiger partial charge in [0.15, 0.2) is 0 Å². The van der Waals surface area contributed by atoms with Gasteiger partial charge in [-0.3, -0.25) is 9.10 Å². The van der Waals surface area contributed by atoms with E-state index in [1.54, 1.807) is 11.0 Å². The van der Waals surface area contributed by atoms with Crippen LogP contribution in [0.15, 0.2) is 24.3 Å². The van der Waals surface area contributed by atoms with Crippen molar-refractivity contribution in [2.24, 2.45) is 0 Å². The molecule has 25 heavy (non-hydrogen) atoms. The third kappa shape index (κ3) is 5.19. The van der Waals surface area contributed by atoms with Crippen molar-refractivity contribution in [1.82, 2.24) is 4.90 Å². The maximum atomic E-state index is 12.4. The molecule has 1 heterocycles. The fraction of sp³-hybridized carbons (Fsp3) is 0.611. The number of anilines is 1. The van der Waals surface area contributed by atoms with Crippen LogP contribution in [0.25, 0.3) is 0 Å². The number of rotatable bonds is 5. The van der Waals surface area contributed by atoms with Gasteiger partial charge in [-0.2, -0.15) is 0 Å². The average Bonchev–Trinajstić information content (AvgIpc) is 2.54. The fourth-order valence-corrected chi connectivity index (χ4v) is 3.90. The highest BCUT2D eigenvalue weighted by atomic mass is 32.2. The molecule has 0 atom stereocenters. The molecule has 0 radical (unpaired) electrons. The number of carbonyl (C=O) groups is 1. The Kier molecular flexibility index (Phi) is 6.11. The monoisotopic (exact) mass is 368 g/mol. The molecule has 1 fully saturated rings. The molecule has 0 aromatic heterocycles. The number of para-hydroxylation sites is 1. The Hall–Kier alpha value is -1.60. The predicted molar refractivity (Wildman–Crippen MR) is 99.3 cm³/mol. The molecule has 1 aromatic rings. The number of morpholine rings is 1. The van der Waals surface area contributed by atoms with Crippen molar-refractivity contribution >= 4 is 21.6 Å². The number of hydrogen-bond donors (Lipinski definition) is 0. The summed E-state index contributed by atoms with van der Waals surface area (Å²) >= 11 is 0. The molecule has 1 aliphatic rings. The molecule has 7 heteroatoms. The molecule has 0 unspecified atom stereocenters. The molecule has 1 aliphatic heterocycles. The van der Waals surface area contributed by atoms with Crippen LogP contribution in [0.3, 0.4) is 0 Å². The van der Waals surface area contributed by atoms with Gasteiger partial charge >= 0.3 is 0 Å². The lowest BCUT2D eigenvalue weighted by Crippen LogP contribution is -2.42. The minimum atomic E-state index is -3.49. The first-order valence-electron chi connectivity index (χ1n) is 8.53. The number of hydrogen-bond acceptors (Lipinski definition) is 4. The van der Waals surface area contributed by atoms with Gasteiger partial charge < -0.3 is 9.64 Å². The lowest BCUT2D eigenvalue weighted by molar-refractivity contribution is -0.134.